The fourth-order valence-electron chi connectivity index (χ4n) is 2.11. The van der Waals surface area contributed by atoms with Crippen molar-refractivity contribution in [3.05, 3.63) is 17.8 Å². The van der Waals surface area contributed by atoms with Gasteiger partial charge in [0.25, 0.3) is 0 Å². The zero-order valence-electron chi connectivity index (χ0n) is 12.2. The first kappa shape index (κ1) is 14.5. The molecule has 1 saturated heterocycles. The van der Waals surface area contributed by atoms with Crippen LogP contribution in [0.3, 0.4) is 0 Å². The molecule has 0 saturated carbocycles. The van der Waals surface area contributed by atoms with Gasteiger partial charge < -0.3 is 14.3 Å². The third kappa shape index (κ3) is 3.55. The molecule has 0 spiro atoms. The zero-order chi connectivity index (χ0) is 14.0. The van der Waals surface area contributed by atoms with E-state index in [0.29, 0.717) is 25.7 Å². The lowest BCUT2D eigenvalue weighted by Crippen LogP contribution is -2.48. The molecule has 2 unspecified atom stereocenters. The third-order valence-corrected chi connectivity index (χ3v) is 3.47. The van der Waals surface area contributed by atoms with Crippen molar-refractivity contribution in [3.8, 4) is 0 Å². The van der Waals surface area contributed by atoms with Gasteiger partial charge in [0.1, 0.15) is 5.76 Å². The van der Waals surface area contributed by atoms with E-state index in [1.54, 1.807) is 0 Å². The monoisotopic (exact) mass is 268 g/mol. The standard InChI is InChI=1S/C14H24N2O3/c1-10-9-18-11(8-17)6-16(10)7-13-15-5-12(19-13)14(2,3)4/h5,10-11,17H,6-9H2,1-4H3. The summed E-state index contributed by atoms with van der Waals surface area (Å²) in [5.74, 6) is 1.64. The Morgan fingerprint density at radius 3 is 2.79 bits per heavy atom. The zero-order valence-corrected chi connectivity index (χ0v) is 12.2. The number of rotatable bonds is 3. The number of oxazole rings is 1. The van der Waals surface area contributed by atoms with Gasteiger partial charge >= 0.3 is 0 Å². The molecule has 1 aliphatic rings. The minimum absolute atomic E-state index is 0.0183. The quantitative estimate of drug-likeness (QED) is 0.901. The molecule has 1 N–H and O–H groups in total. The van der Waals surface area contributed by atoms with E-state index < -0.39 is 0 Å². The molecule has 0 aliphatic carbocycles. The molecule has 5 nitrogen and oxygen atoms in total. The predicted octanol–water partition coefficient (Wildman–Crippen LogP) is 1.55. The van der Waals surface area contributed by atoms with Gasteiger partial charge in [-0.1, -0.05) is 20.8 Å². The fraction of sp³-hybridized carbons (Fsp3) is 0.786. The van der Waals surface area contributed by atoms with Gasteiger partial charge in [0.05, 0.1) is 32.1 Å². The average Bonchev–Trinajstić information content (AvgIpc) is 2.80. The van der Waals surface area contributed by atoms with Crippen molar-refractivity contribution in [1.82, 2.24) is 9.88 Å². The van der Waals surface area contributed by atoms with E-state index in [1.807, 2.05) is 6.20 Å². The molecular formula is C14H24N2O3. The number of aliphatic hydroxyl groups excluding tert-OH is 1. The van der Waals surface area contributed by atoms with Crippen molar-refractivity contribution in [2.24, 2.45) is 0 Å². The molecule has 0 bridgehead atoms. The van der Waals surface area contributed by atoms with Gasteiger partial charge in [-0.15, -0.1) is 0 Å². The van der Waals surface area contributed by atoms with Gasteiger partial charge in [-0.2, -0.15) is 0 Å². The molecule has 2 atom stereocenters. The summed E-state index contributed by atoms with van der Waals surface area (Å²) in [7, 11) is 0. The molecule has 1 aromatic heterocycles. The lowest BCUT2D eigenvalue weighted by Gasteiger charge is -2.36. The Morgan fingerprint density at radius 1 is 1.47 bits per heavy atom. The minimum atomic E-state index is -0.103. The molecule has 5 heteroatoms. The molecule has 0 radical (unpaired) electrons. The Labute approximate surface area is 114 Å². The summed E-state index contributed by atoms with van der Waals surface area (Å²) >= 11 is 0. The van der Waals surface area contributed by atoms with Gasteiger partial charge in [0.15, 0.2) is 0 Å². The van der Waals surface area contributed by atoms with Crippen LogP contribution in [0.25, 0.3) is 0 Å². The first-order chi connectivity index (χ1) is 8.90. The maximum atomic E-state index is 9.18. The Kier molecular flexibility index (Phi) is 4.28. The van der Waals surface area contributed by atoms with Crippen LogP contribution in [0.5, 0.6) is 0 Å². The van der Waals surface area contributed by atoms with Crippen LogP contribution in [0.2, 0.25) is 0 Å². The van der Waals surface area contributed by atoms with Crippen LogP contribution in [-0.2, 0) is 16.7 Å². The summed E-state index contributed by atoms with van der Waals surface area (Å²) < 4.78 is 11.3. The summed E-state index contributed by atoms with van der Waals surface area (Å²) in [5.41, 5.74) is -0.0183. The van der Waals surface area contributed by atoms with Gasteiger partial charge in [0, 0.05) is 18.0 Å². The summed E-state index contributed by atoms with van der Waals surface area (Å²) in [6.45, 7) is 10.5. The van der Waals surface area contributed by atoms with Crippen molar-refractivity contribution in [2.45, 2.75) is 51.8 Å². The summed E-state index contributed by atoms with van der Waals surface area (Å²) in [6, 6.07) is 0.313. The second-order valence-electron chi connectivity index (χ2n) is 6.28. The lowest BCUT2D eigenvalue weighted by atomic mass is 9.94. The van der Waals surface area contributed by atoms with Gasteiger partial charge in [-0.25, -0.2) is 4.98 Å². The number of ether oxygens (including phenoxy) is 1. The second-order valence-corrected chi connectivity index (χ2v) is 6.28. The molecule has 1 aliphatic heterocycles. The maximum absolute atomic E-state index is 9.18. The SMILES string of the molecule is CC1COC(CO)CN1Cc1ncc(C(C)(C)C)o1. The summed E-state index contributed by atoms with van der Waals surface area (Å²) in [6.07, 6.45) is 1.71. The molecule has 2 rings (SSSR count). The largest absolute Gasteiger partial charge is 0.444 e. The highest BCUT2D eigenvalue weighted by Crippen LogP contribution is 2.24. The lowest BCUT2D eigenvalue weighted by molar-refractivity contribution is -0.0825. The Bertz CT molecular complexity index is 411. The van der Waals surface area contributed by atoms with E-state index in [0.717, 1.165) is 11.7 Å². The van der Waals surface area contributed by atoms with Crippen molar-refractivity contribution in [2.75, 3.05) is 19.8 Å². The van der Waals surface area contributed by atoms with Gasteiger partial charge in [-0.3, -0.25) is 4.90 Å². The number of hydrogen-bond donors (Lipinski definition) is 1. The molecule has 19 heavy (non-hydrogen) atoms. The van der Waals surface area contributed by atoms with Gasteiger partial charge in [0.2, 0.25) is 5.89 Å². The van der Waals surface area contributed by atoms with E-state index in [2.05, 4.69) is 37.6 Å². The third-order valence-electron chi connectivity index (χ3n) is 3.47. The molecule has 2 heterocycles. The van der Waals surface area contributed by atoms with Crippen molar-refractivity contribution in [3.63, 3.8) is 0 Å². The summed E-state index contributed by atoms with van der Waals surface area (Å²) in [4.78, 5) is 6.59. The van der Waals surface area contributed by atoms with E-state index in [4.69, 9.17) is 9.15 Å². The van der Waals surface area contributed by atoms with Crippen LogP contribution >= 0.6 is 0 Å². The number of aromatic nitrogens is 1. The normalized spacial score (nSPS) is 25.7. The van der Waals surface area contributed by atoms with Crippen LogP contribution in [0.15, 0.2) is 10.6 Å². The van der Waals surface area contributed by atoms with Crippen molar-refractivity contribution < 1.29 is 14.3 Å². The molecular weight excluding hydrogens is 244 g/mol. The molecule has 0 aromatic carbocycles. The van der Waals surface area contributed by atoms with Crippen LogP contribution in [-0.4, -0.2) is 46.9 Å². The van der Waals surface area contributed by atoms with Crippen LogP contribution in [0, 0.1) is 0 Å². The Hall–Kier alpha value is -0.910. The maximum Gasteiger partial charge on any atom is 0.208 e. The summed E-state index contributed by atoms with van der Waals surface area (Å²) in [5, 5.41) is 9.18. The Morgan fingerprint density at radius 2 is 2.21 bits per heavy atom. The van der Waals surface area contributed by atoms with E-state index >= 15 is 0 Å². The second kappa shape index (κ2) is 5.61. The highest BCUT2D eigenvalue weighted by Gasteiger charge is 2.27. The van der Waals surface area contributed by atoms with Gasteiger partial charge in [-0.05, 0) is 6.92 Å². The first-order valence-electron chi connectivity index (χ1n) is 6.82. The topological polar surface area (TPSA) is 58.7 Å². The number of aliphatic hydroxyl groups is 1. The average molecular weight is 268 g/mol. The van der Waals surface area contributed by atoms with E-state index in [1.165, 1.54) is 0 Å². The Balaban J connectivity index is 2.01. The predicted molar refractivity (Wildman–Crippen MR) is 71.9 cm³/mol. The molecule has 1 aromatic rings. The minimum Gasteiger partial charge on any atom is -0.444 e. The number of nitrogens with zero attached hydrogens (tertiary/aromatic N) is 2. The molecule has 1 fully saturated rings. The smallest absolute Gasteiger partial charge is 0.208 e. The fourth-order valence-corrected chi connectivity index (χ4v) is 2.11. The van der Waals surface area contributed by atoms with Crippen molar-refractivity contribution in [1.29, 1.82) is 0 Å². The van der Waals surface area contributed by atoms with Crippen molar-refractivity contribution >= 4 is 0 Å². The molecule has 0 amide bonds. The highest BCUT2D eigenvalue weighted by molar-refractivity contribution is 5.06. The first-order valence-corrected chi connectivity index (χ1v) is 6.82. The van der Waals surface area contributed by atoms with E-state index in [-0.39, 0.29) is 18.1 Å². The highest BCUT2D eigenvalue weighted by atomic mass is 16.5. The number of morpholine rings is 1. The number of hydrogen-bond acceptors (Lipinski definition) is 5. The van der Waals surface area contributed by atoms with Crippen LogP contribution in [0.4, 0.5) is 0 Å². The molecule has 108 valence electrons. The van der Waals surface area contributed by atoms with E-state index in [9.17, 15) is 5.11 Å². The van der Waals surface area contributed by atoms with Crippen LogP contribution < -0.4 is 0 Å². The van der Waals surface area contributed by atoms with Crippen LogP contribution in [0.1, 0.15) is 39.3 Å².